The van der Waals surface area contributed by atoms with Crippen LogP contribution in [0, 0.1) is 13.8 Å². The second-order valence-electron chi connectivity index (χ2n) is 7.65. The molecule has 1 N–H and O–H groups in total. The molecule has 0 spiro atoms. The highest BCUT2D eigenvalue weighted by Gasteiger charge is 2.26. The number of halogens is 2. The van der Waals surface area contributed by atoms with Crippen molar-refractivity contribution in [2.45, 2.75) is 53.1 Å². The molecule has 2 aromatic rings. The van der Waals surface area contributed by atoms with Gasteiger partial charge in [-0.25, -0.2) is 0 Å². The normalized spacial score (nSPS) is 11.7. The van der Waals surface area contributed by atoms with Crippen molar-refractivity contribution < 1.29 is 14.3 Å². The third-order valence-corrected chi connectivity index (χ3v) is 5.77. The smallest absolute Gasteiger partial charge is 0.261 e. The summed E-state index contributed by atoms with van der Waals surface area (Å²) < 4.78 is 5.80. The van der Waals surface area contributed by atoms with Crippen LogP contribution in [0.3, 0.4) is 0 Å². The summed E-state index contributed by atoms with van der Waals surface area (Å²) in [5.41, 5.74) is 2.77. The number of unbranched alkanes of at least 4 members (excludes halogenated alkanes) is 1. The first-order chi connectivity index (χ1) is 14.7. The van der Waals surface area contributed by atoms with Gasteiger partial charge in [0.15, 0.2) is 6.61 Å². The molecule has 0 bridgehead atoms. The van der Waals surface area contributed by atoms with Gasteiger partial charge in [-0.2, -0.15) is 0 Å². The van der Waals surface area contributed by atoms with Crippen LogP contribution in [0.2, 0.25) is 10.0 Å². The quantitative estimate of drug-likeness (QED) is 0.483. The fourth-order valence-electron chi connectivity index (χ4n) is 3.04. The number of benzene rings is 2. The predicted octanol–water partition coefficient (Wildman–Crippen LogP) is 5.32. The number of ether oxygens (including phenoxy) is 1. The summed E-state index contributed by atoms with van der Waals surface area (Å²) in [4.78, 5) is 27.3. The highest BCUT2D eigenvalue weighted by Crippen LogP contribution is 2.24. The summed E-state index contributed by atoms with van der Waals surface area (Å²) in [5.74, 6) is 0.168. The zero-order valence-corrected chi connectivity index (χ0v) is 20.0. The fraction of sp³-hybridized carbons (Fsp3) is 0.417. The van der Waals surface area contributed by atoms with Gasteiger partial charge in [0.05, 0.1) is 10.0 Å². The highest BCUT2D eigenvalue weighted by molar-refractivity contribution is 6.42. The topological polar surface area (TPSA) is 58.6 Å². The summed E-state index contributed by atoms with van der Waals surface area (Å²) in [6.07, 6.45) is 1.86. The van der Waals surface area contributed by atoms with E-state index in [1.165, 1.54) is 4.90 Å². The molecule has 168 valence electrons. The summed E-state index contributed by atoms with van der Waals surface area (Å²) >= 11 is 12.1. The Hall–Kier alpha value is -2.24. The molecule has 0 unspecified atom stereocenters. The summed E-state index contributed by atoms with van der Waals surface area (Å²) in [7, 11) is 0. The lowest BCUT2D eigenvalue weighted by atomic mass is 10.1. The van der Waals surface area contributed by atoms with Crippen molar-refractivity contribution in [1.29, 1.82) is 0 Å². The largest absolute Gasteiger partial charge is 0.483 e. The zero-order valence-electron chi connectivity index (χ0n) is 18.5. The number of carbonyl (C=O) groups is 2. The molecule has 2 aromatic carbocycles. The second kappa shape index (κ2) is 12.0. The number of aryl methyl sites for hydroxylation is 2. The molecule has 31 heavy (non-hydrogen) atoms. The predicted molar refractivity (Wildman–Crippen MR) is 126 cm³/mol. The Morgan fingerprint density at radius 3 is 2.52 bits per heavy atom. The van der Waals surface area contributed by atoms with Gasteiger partial charge in [0.1, 0.15) is 11.8 Å². The molecule has 7 heteroatoms. The monoisotopic (exact) mass is 464 g/mol. The molecule has 0 aliphatic rings. The van der Waals surface area contributed by atoms with Crippen molar-refractivity contribution >= 4 is 35.0 Å². The number of carbonyl (C=O) groups excluding carboxylic acids is 2. The van der Waals surface area contributed by atoms with Gasteiger partial charge >= 0.3 is 0 Å². The molecule has 5 nitrogen and oxygen atoms in total. The van der Waals surface area contributed by atoms with Gasteiger partial charge in [0.25, 0.3) is 5.91 Å². The van der Waals surface area contributed by atoms with Gasteiger partial charge in [-0.3, -0.25) is 9.59 Å². The van der Waals surface area contributed by atoms with E-state index in [0.717, 1.165) is 29.5 Å². The van der Waals surface area contributed by atoms with Gasteiger partial charge in [0.2, 0.25) is 5.91 Å². The Morgan fingerprint density at radius 2 is 1.84 bits per heavy atom. The lowest BCUT2D eigenvalue weighted by Crippen LogP contribution is -2.49. The molecular weight excluding hydrogens is 435 g/mol. The molecule has 0 radical (unpaired) electrons. The van der Waals surface area contributed by atoms with Crippen LogP contribution in [0.4, 0.5) is 0 Å². The van der Waals surface area contributed by atoms with Crippen molar-refractivity contribution in [3.05, 3.63) is 63.1 Å². The first-order valence-corrected chi connectivity index (χ1v) is 11.2. The van der Waals surface area contributed by atoms with E-state index in [1.807, 2.05) is 32.0 Å². The third kappa shape index (κ3) is 7.44. The molecule has 0 aromatic heterocycles. The Balaban J connectivity index is 2.18. The first-order valence-electron chi connectivity index (χ1n) is 10.4. The minimum absolute atomic E-state index is 0.168. The maximum atomic E-state index is 13.1. The van der Waals surface area contributed by atoms with E-state index in [0.29, 0.717) is 22.3 Å². The van der Waals surface area contributed by atoms with Crippen LogP contribution in [0.1, 0.15) is 43.4 Å². The van der Waals surface area contributed by atoms with Gasteiger partial charge < -0.3 is 15.0 Å². The highest BCUT2D eigenvalue weighted by atomic mass is 35.5. The van der Waals surface area contributed by atoms with Crippen LogP contribution in [-0.2, 0) is 16.1 Å². The van der Waals surface area contributed by atoms with E-state index in [9.17, 15) is 9.59 Å². The Bertz CT molecular complexity index is 918. The lowest BCUT2D eigenvalue weighted by Gasteiger charge is -2.29. The molecule has 0 aliphatic carbocycles. The zero-order chi connectivity index (χ0) is 23.0. The molecule has 0 aliphatic heterocycles. The molecule has 1 atom stereocenters. The molecule has 0 saturated heterocycles. The average molecular weight is 465 g/mol. The van der Waals surface area contributed by atoms with Gasteiger partial charge in [-0.15, -0.1) is 0 Å². The van der Waals surface area contributed by atoms with Crippen LogP contribution < -0.4 is 10.1 Å². The SMILES string of the molecule is CCCCNC(=O)[C@H](C)N(Cc1ccc(Cl)c(Cl)c1)C(=O)COc1cc(C)ccc1C. The minimum Gasteiger partial charge on any atom is -0.483 e. The Labute approximate surface area is 194 Å². The molecule has 0 saturated carbocycles. The number of nitrogens with one attached hydrogen (secondary N) is 1. The van der Waals surface area contributed by atoms with Gasteiger partial charge in [-0.1, -0.05) is 54.7 Å². The number of rotatable bonds is 10. The van der Waals surface area contributed by atoms with E-state index in [-0.39, 0.29) is 25.0 Å². The standard InChI is InChI=1S/C24H30Cl2N2O3/c1-5-6-11-27-24(30)18(4)28(14-19-9-10-20(25)21(26)13-19)23(29)15-31-22-12-16(2)7-8-17(22)3/h7-10,12-13,18H,5-6,11,14-15H2,1-4H3,(H,27,30)/t18-/m0/s1. The first kappa shape index (κ1) is 25.0. The van der Waals surface area contributed by atoms with E-state index < -0.39 is 6.04 Å². The third-order valence-electron chi connectivity index (χ3n) is 5.03. The van der Waals surface area contributed by atoms with Crippen molar-refractivity contribution in [3.8, 4) is 5.75 Å². The van der Waals surface area contributed by atoms with E-state index >= 15 is 0 Å². The van der Waals surface area contributed by atoms with Crippen molar-refractivity contribution in [2.75, 3.05) is 13.2 Å². The van der Waals surface area contributed by atoms with Crippen LogP contribution in [0.25, 0.3) is 0 Å². The lowest BCUT2D eigenvalue weighted by molar-refractivity contribution is -0.142. The maximum Gasteiger partial charge on any atom is 0.261 e. The van der Waals surface area contributed by atoms with E-state index in [2.05, 4.69) is 12.2 Å². The van der Waals surface area contributed by atoms with Gasteiger partial charge in [0, 0.05) is 13.1 Å². The molecule has 2 amide bonds. The Kier molecular flexibility index (Phi) is 9.66. The number of amides is 2. The fourth-order valence-corrected chi connectivity index (χ4v) is 3.36. The average Bonchev–Trinajstić information content (AvgIpc) is 2.74. The number of hydrogen-bond acceptors (Lipinski definition) is 3. The van der Waals surface area contributed by atoms with Gasteiger partial charge in [-0.05, 0) is 62.1 Å². The van der Waals surface area contributed by atoms with Crippen molar-refractivity contribution in [1.82, 2.24) is 10.2 Å². The summed E-state index contributed by atoms with van der Waals surface area (Å²) in [5, 5.41) is 3.73. The van der Waals surface area contributed by atoms with Crippen LogP contribution >= 0.6 is 23.2 Å². The molecule has 2 rings (SSSR count). The Morgan fingerprint density at radius 1 is 1.10 bits per heavy atom. The minimum atomic E-state index is -0.666. The molecule has 0 fully saturated rings. The summed E-state index contributed by atoms with van der Waals surface area (Å²) in [6.45, 7) is 8.29. The van der Waals surface area contributed by atoms with Crippen LogP contribution in [0.15, 0.2) is 36.4 Å². The second-order valence-corrected chi connectivity index (χ2v) is 8.46. The summed E-state index contributed by atoms with van der Waals surface area (Å²) in [6, 6.07) is 10.4. The molecule has 0 heterocycles. The van der Waals surface area contributed by atoms with Crippen molar-refractivity contribution in [2.24, 2.45) is 0 Å². The molecular formula is C24H30Cl2N2O3. The van der Waals surface area contributed by atoms with Crippen molar-refractivity contribution in [3.63, 3.8) is 0 Å². The van der Waals surface area contributed by atoms with E-state index in [4.69, 9.17) is 27.9 Å². The maximum absolute atomic E-state index is 13.1. The van der Waals surface area contributed by atoms with Crippen LogP contribution in [0.5, 0.6) is 5.75 Å². The van der Waals surface area contributed by atoms with Crippen LogP contribution in [-0.4, -0.2) is 35.9 Å². The van der Waals surface area contributed by atoms with E-state index in [1.54, 1.807) is 25.1 Å². The number of hydrogen-bond donors (Lipinski definition) is 1. The number of nitrogens with zero attached hydrogens (tertiary/aromatic N) is 1.